The normalized spacial score (nSPS) is 11.4. The Bertz CT molecular complexity index is 813. The molecule has 2 rings (SSSR count). The molecule has 0 aliphatic heterocycles. The Hall–Kier alpha value is -1.19. The molecule has 21 heavy (non-hydrogen) atoms. The molecule has 0 saturated heterocycles. The van der Waals surface area contributed by atoms with Gasteiger partial charge in [0.15, 0.2) is 0 Å². The molecule has 2 aromatic carbocycles. The molecule has 9 heteroatoms. The smallest absolute Gasteiger partial charge is 0.264 e. The largest absolute Gasteiger partial charge is 0.398 e. The predicted molar refractivity (Wildman–Crippen MR) is 83.4 cm³/mol. The highest BCUT2D eigenvalue weighted by molar-refractivity contribution is 9.10. The fourth-order valence-corrected chi connectivity index (χ4v) is 3.61. The zero-order chi connectivity index (χ0) is 15.8. The van der Waals surface area contributed by atoms with E-state index in [-0.39, 0.29) is 20.7 Å². The summed E-state index contributed by atoms with van der Waals surface area (Å²) in [5.74, 6) is -1.44. The molecule has 0 bridgehead atoms. The van der Waals surface area contributed by atoms with Crippen LogP contribution in [0.3, 0.4) is 0 Å². The summed E-state index contributed by atoms with van der Waals surface area (Å²) in [4.78, 5) is -0.352. The quantitative estimate of drug-likeness (QED) is 0.710. The van der Waals surface area contributed by atoms with Crippen molar-refractivity contribution in [1.29, 1.82) is 0 Å². The fraction of sp³-hybridized carbons (Fsp3) is 0. The number of nitrogen functional groups attached to an aromatic ring is 1. The molecule has 0 aliphatic rings. The number of nitrogens with one attached hydrogen (secondary N) is 1. The second-order valence-corrected chi connectivity index (χ2v) is 7.45. The summed E-state index contributed by atoms with van der Waals surface area (Å²) in [6.45, 7) is 0. The first-order valence-corrected chi connectivity index (χ1v) is 8.50. The van der Waals surface area contributed by atoms with Crippen LogP contribution in [-0.4, -0.2) is 8.42 Å². The average molecular weight is 442 g/mol. The van der Waals surface area contributed by atoms with Crippen LogP contribution in [0.2, 0.25) is 0 Å². The summed E-state index contributed by atoms with van der Waals surface area (Å²) < 4.78 is 53.9. The number of nitrogens with two attached hydrogens (primary N) is 1. The summed E-state index contributed by atoms with van der Waals surface area (Å²) >= 11 is 5.99. The average Bonchev–Trinajstić information content (AvgIpc) is 2.37. The maximum Gasteiger partial charge on any atom is 0.264 e. The maximum absolute atomic E-state index is 13.6. The van der Waals surface area contributed by atoms with E-state index >= 15 is 0 Å². The Balaban J connectivity index is 2.48. The van der Waals surface area contributed by atoms with E-state index in [0.717, 1.165) is 18.2 Å². The molecule has 0 atom stereocenters. The minimum absolute atomic E-state index is 0.0632. The van der Waals surface area contributed by atoms with E-state index in [4.69, 9.17) is 5.73 Å². The molecule has 4 nitrogen and oxygen atoms in total. The van der Waals surface area contributed by atoms with Crippen LogP contribution in [0.15, 0.2) is 44.2 Å². The van der Waals surface area contributed by atoms with Gasteiger partial charge in [-0.1, -0.05) is 15.9 Å². The summed E-state index contributed by atoms with van der Waals surface area (Å²) in [6.07, 6.45) is 0. The van der Waals surface area contributed by atoms with E-state index in [2.05, 4.69) is 36.6 Å². The SMILES string of the molecule is Nc1cc(F)c(Br)cc1S(=O)(=O)Nc1cc(Br)ccc1F. The summed E-state index contributed by atoms with van der Waals surface area (Å²) in [5, 5.41) is 0. The van der Waals surface area contributed by atoms with Crippen molar-refractivity contribution in [1.82, 2.24) is 0 Å². The number of halogens is 4. The van der Waals surface area contributed by atoms with Crippen molar-refractivity contribution >= 4 is 53.3 Å². The molecule has 0 spiro atoms. The second kappa shape index (κ2) is 5.90. The van der Waals surface area contributed by atoms with Crippen LogP contribution in [0, 0.1) is 11.6 Å². The number of hydrogen-bond donors (Lipinski definition) is 2. The highest BCUT2D eigenvalue weighted by atomic mass is 79.9. The number of rotatable bonds is 3. The highest BCUT2D eigenvalue weighted by Crippen LogP contribution is 2.29. The van der Waals surface area contributed by atoms with Crippen LogP contribution in [-0.2, 0) is 10.0 Å². The number of benzene rings is 2. The van der Waals surface area contributed by atoms with Crippen LogP contribution in [0.1, 0.15) is 0 Å². The first-order valence-electron chi connectivity index (χ1n) is 5.43. The third-order valence-corrected chi connectivity index (χ3v) is 5.04. The van der Waals surface area contributed by atoms with E-state index in [1.807, 2.05) is 0 Å². The molecule has 0 saturated carbocycles. The van der Waals surface area contributed by atoms with Gasteiger partial charge in [0.05, 0.1) is 15.8 Å². The van der Waals surface area contributed by atoms with Gasteiger partial charge in [0.2, 0.25) is 0 Å². The molecular weight excluding hydrogens is 434 g/mol. The minimum Gasteiger partial charge on any atom is -0.398 e. The van der Waals surface area contributed by atoms with Crippen LogP contribution >= 0.6 is 31.9 Å². The molecular formula is C12H8Br2F2N2O2S. The summed E-state index contributed by atoms with van der Waals surface area (Å²) in [6, 6.07) is 5.68. The lowest BCUT2D eigenvalue weighted by atomic mass is 10.3. The standard InChI is InChI=1S/C12H8Br2F2N2O2S/c13-6-1-2-8(15)11(3-6)18-21(19,20)12-4-7(14)9(16)5-10(12)17/h1-5,18H,17H2. The summed E-state index contributed by atoms with van der Waals surface area (Å²) in [7, 11) is -4.16. The van der Waals surface area contributed by atoms with Gasteiger partial charge in [0.1, 0.15) is 16.5 Å². The third kappa shape index (κ3) is 3.53. The van der Waals surface area contributed by atoms with Gasteiger partial charge < -0.3 is 5.73 Å². The van der Waals surface area contributed by atoms with Crippen LogP contribution in [0.4, 0.5) is 20.2 Å². The van der Waals surface area contributed by atoms with Crippen molar-refractivity contribution in [3.63, 3.8) is 0 Å². The Kier molecular flexibility index (Phi) is 4.54. The first kappa shape index (κ1) is 16.2. The molecule has 0 unspecified atom stereocenters. The number of anilines is 2. The number of sulfonamides is 1. The Morgan fingerprint density at radius 1 is 1.05 bits per heavy atom. The van der Waals surface area contributed by atoms with Crippen molar-refractivity contribution in [2.75, 3.05) is 10.5 Å². The topological polar surface area (TPSA) is 72.2 Å². The van der Waals surface area contributed by atoms with Gasteiger partial charge in [0, 0.05) is 4.47 Å². The molecule has 0 amide bonds. The van der Waals surface area contributed by atoms with Gasteiger partial charge >= 0.3 is 0 Å². The van der Waals surface area contributed by atoms with E-state index < -0.39 is 21.7 Å². The van der Waals surface area contributed by atoms with Gasteiger partial charge in [-0.3, -0.25) is 4.72 Å². The van der Waals surface area contributed by atoms with Crippen molar-refractivity contribution in [2.24, 2.45) is 0 Å². The van der Waals surface area contributed by atoms with E-state index in [0.29, 0.717) is 4.47 Å². The lowest BCUT2D eigenvalue weighted by molar-refractivity contribution is 0.597. The molecule has 2 aromatic rings. The maximum atomic E-state index is 13.6. The van der Waals surface area contributed by atoms with Gasteiger partial charge in [0.25, 0.3) is 10.0 Å². The van der Waals surface area contributed by atoms with Crippen LogP contribution in [0.25, 0.3) is 0 Å². The zero-order valence-electron chi connectivity index (χ0n) is 10.2. The highest BCUT2D eigenvalue weighted by Gasteiger charge is 2.21. The third-order valence-electron chi connectivity index (χ3n) is 2.51. The van der Waals surface area contributed by atoms with Crippen molar-refractivity contribution in [2.45, 2.75) is 4.90 Å². The summed E-state index contributed by atoms with van der Waals surface area (Å²) in [5.41, 5.74) is 4.99. The van der Waals surface area contributed by atoms with Crippen LogP contribution < -0.4 is 10.5 Å². The minimum atomic E-state index is -4.16. The van der Waals surface area contributed by atoms with Crippen molar-refractivity contribution < 1.29 is 17.2 Å². The van der Waals surface area contributed by atoms with Crippen LogP contribution in [0.5, 0.6) is 0 Å². The second-order valence-electron chi connectivity index (χ2n) is 4.03. The van der Waals surface area contributed by atoms with Gasteiger partial charge in [-0.05, 0) is 46.3 Å². The molecule has 3 N–H and O–H groups in total. The molecule has 0 heterocycles. The Labute approximate surface area is 136 Å². The van der Waals surface area contributed by atoms with Gasteiger partial charge in [-0.25, -0.2) is 17.2 Å². The van der Waals surface area contributed by atoms with Gasteiger partial charge in [-0.2, -0.15) is 0 Å². The monoisotopic (exact) mass is 440 g/mol. The lowest BCUT2D eigenvalue weighted by Gasteiger charge is -2.12. The van der Waals surface area contributed by atoms with Gasteiger partial charge in [-0.15, -0.1) is 0 Å². The molecule has 0 radical (unpaired) electrons. The zero-order valence-corrected chi connectivity index (χ0v) is 14.2. The molecule has 112 valence electrons. The van der Waals surface area contributed by atoms with E-state index in [1.165, 1.54) is 12.1 Å². The predicted octanol–water partition coefficient (Wildman–Crippen LogP) is 3.87. The first-order chi connectivity index (χ1) is 9.70. The lowest BCUT2D eigenvalue weighted by Crippen LogP contribution is -2.16. The Morgan fingerprint density at radius 2 is 1.71 bits per heavy atom. The van der Waals surface area contributed by atoms with E-state index in [9.17, 15) is 17.2 Å². The van der Waals surface area contributed by atoms with E-state index in [1.54, 1.807) is 0 Å². The van der Waals surface area contributed by atoms with Crippen molar-refractivity contribution in [3.8, 4) is 0 Å². The molecule has 0 aliphatic carbocycles. The molecule has 0 fully saturated rings. The Morgan fingerprint density at radius 3 is 2.38 bits per heavy atom. The fourth-order valence-electron chi connectivity index (χ4n) is 1.55. The number of hydrogen-bond acceptors (Lipinski definition) is 3. The molecule has 0 aromatic heterocycles. The van der Waals surface area contributed by atoms with Crippen molar-refractivity contribution in [3.05, 3.63) is 50.9 Å².